The highest BCUT2D eigenvalue weighted by Gasteiger charge is 2.41. The Kier molecular flexibility index (Phi) is 4.04. The van der Waals surface area contributed by atoms with Crippen LogP contribution in [0.5, 0.6) is 0 Å². The molecule has 126 valence electrons. The molecule has 2 amide bonds. The highest BCUT2D eigenvalue weighted by atomic mass is 19.4. The maximum Gasteiger partial charge on any atom is 0.416 e. The smallest absolute Gasteiger partial charge is 0.416 e. The molecule has 3 rings (SSSR count). The first kappa shape index (κ1) is 16.1. The lowest BCUT2D eigenvalue weighted by Crippen LogP contribution is -2.52. The molecule has 0 radical (unpaired) electrons. The van der Waals surface area contributed by atoms with Gasteiger partial charge in [0.2, 0.25) is 5.91 Å². The summed E-state index contributed by atoms with van der Waals surface area (Å²) in [5.41, 5.74) is -1.00. The molecule has 0 aliphatic carbocycles. The largest absolute Gasteiger partial charge is 0.472 e. The third-order valence-corrected chi connectivity index (χ3v) is 3.80. The van der Waals surface area contributed by atoms with Crippen molar-refractivity contribution in [1.82, 2.24) is 10.2 Å². The number of carbonyl (C=O) groups excluding carboxylic acids is 2. The number of nitrogens with one attached hydrogen (secondary N) is 1. The summed E-state index contributed by atoms with van der Waals surface area (Å²) in [4.78, 5) is 26.0. The number of alkyl halides is 3. The van der Waals surface area contributed by atoms with E-state index in [0.29, 0.717) is 0 Å². The fraction of sp³-hybridized carbons (Fsp3) is 0.250. The molecule has 1 N–H and O–H groups in total. The molecule has 1 aliphatic rings. The Hall–Kier alpha value is -2.77. The minimum absolute atomic E-state index is 0.104. The van der Waals surface area contributed by atoms with Crippen molar-refractivity contribution in [2.24, 2.45) is 0 Å². The topological polar surface area (TPSA) is 62.6 Å². The van der Waals surface area contributed by atoms with Gasteiger partial charge in [-0.3, -0.25) is 9.59 Å². The van der Waals surface area contributed by atoms with Gasteiger partial charge in [-0.15, -0.1) is 0 Å². The summed E-state index contributed by atoms with van der Waals surface area (Å²) in [5.74, 6) is -1.20. The first-order chi connectivity index (χ1) is 11.4. The van der Waals surface area contributed by atoms with Crippen LogP contribution in [0.2, 0.25) is 0 Å². The molecule has 2 aromatic rings. The van der Waals surface area contributed by atoms with E-state index in [1.165, 1.54) is 36.8 Å². The van der Waals surface area contributed by atoms with Crippen LogP contribution in [0.3, 0.4) is 0 Å². The highest BCUT2D eigenvalue weighted by molar-refractivity contribution is 5.98. The van der Waals surface area contributed by atoms with E-state index in [1.54, 1.807) is 0 Å². The van der Waals surface area contributed by atoms with Crippen LogP contribution in [0.4, 0.5) is 13.2 Å². The lowest BCUT2D eigenvalue weighted by Gasteiger charge is -2.36. The minimum Gasteiger partial charge on any atom is -0.472 e. The molecule has 8 heteroatoms. The molecule has 1 aliphatic heterocycles. The van der Waals surface area contributed by atoms with Crippen LogP contribution in [-0.4, -0.2) is 29.8 Å². The average Bonchev–Trinajstić information content (AvgIpc) is 3.07. The number of furan rings is 1. The third kappa shape index (κ3) is 2.86. The molecule has 0 bridgehead atoms. The van der Waals surface area contributed by atoms with Crippen LogP contribution in [-0.2, 0) is 11.0 Å². The van der Waals surface area contributed by atoms with E-state index >= 15 is 0 Å². The zero-order valence-electron chi connectivity index (χ0n) is 12.3. The second kappa shape index (κ2) is 6.03. The van der Waals surface area contributed by atoms with Crippen LogP contribution < -0.4 is 5.32 Å². The third-order valence-electron chi connectivity index (χ3n) is 3.80. The van der Waals surface area contributed by atoms with Crippen molar-refractivity contribution < 1.29 is 27.2 Å². The van der Waals surface area contributed by atoms with Crippen molar-refractivity contribution in [1.29, 1.82) is 0 Å². The Bertz CT molecular complexity index is 756. The number of hydrogen-bond acceptors (Lipinski definition) is 3. The monoisotopic (exact) mass is 338 g/mol. The number of carbonyl (C=O) groups is 2. The molecule has 0 spiro atoms. The summed E-state index contributed by atoms with van der Waals surface area (Å²) in [6.07, 6.45) is -2.14. The minimum atomic E-state index is -4.63. The molecular formula is C16H13F3N2O3. The van der Waals surface area contributed by atoms with Gasteiger partial charge in [0.05, 0.1) is 17.4 Å². The molecule has 0 saturated carbocycles. The zero-order valence-corrected chi connectivity index (χ0v) is 12.3. The van der Waals surface area contributed by atoms with Crippen LogP contribution >= 0.6 is 0 Å². The van der Waals surface area contributed by atoms with Gasteiger partial charge in [-0.25, -0.2) is 0 Å². The quantitative estimate of drug-likeness (QED) is 0.916. The van der Waals surface area contributed by atoms with Crippen molar-refractivity contribution in [2.45, 2.75) is 12.2 Å². The molecule has 1 atom stereocenters. The average molecular weight is 338 g/mol. The first-order valence-electron chi connectivity index (χ1n) is 7.16. The van der Waals surface area contributed by atoms with Gasteiger partial charge in [-0.1, -0.05) is 18.2 Å². The predicted octanol–water partition coefficient (Wildman–Crippen LogP) is 2.61. The van der Waals surface area contributed by atoms with Gasteiger partial charge in [-0.05, 0) is 17.7 Å². The van der Waals surface area contributed by atoms with E-state index in [4.69, 9.17) is 4.42 Å². The Labute approximate surface area is 135 Å². The number of piperazine rings is 1. The number of benzene rings is 1. The maximum absolute atomic E-state index is 13.3. The van der Waals surface area contributed by atoms with Crippen LogP contribution in [0, 0.1) is 0 Å². The van der Waals surface area contributed by atoms with Gasteiger partial charge in [0, 0.05) is 13.1 Å². The number of hydrogen-bond donors (Lipinski definition) is 1. The number of nitrogens with zero attached hydrogens (tertiary/aromatic N) is 1. The second-order valence-electron chi connectivity index (χ2n) is 5.29. The van der Waals surface area contributed by atoms with Crippen molar-refractivity contribution in [3.05, 3.63) is 59.5 Å². The molecule has 1 aromatic heterocycles. The maximum atomic E-state index is 13.3. The Balaban J connectivity index is 2.06. The van der Waals surface area contributed by atoms with Crippen molar-refractivity contribution >= 4 is 11.8 Å². The molecule has 1 unspecified atom stereocenters. The fourth-order valence-corrected chi connectivity index (χ4v) is 2.74. The van der Waals surface area contributed by atoms with E-state index < -0.39 is 29.6 Å². The summed E-state index contributed by atoms with van der Waals surface area (Å²) in [6.45, 7) is 0.278. The van der Waals surface area contributed by atoms with Crippen molar-refractivity contribution in [3.8, 4) is 0 Å². The number of amides is 2. The van der Waals surface area contributed by atoms with Crippen LogP contribution in [0.25, 0.3) is 0 Å². The van der Waals surface area contributed by atoms with Gasteiger partial charge in [0.1, 0.15) is 12.3 Å². The van der Waals surface area contributed by atoms with E-state index in [0.717, 1.165) is 11.0 Å². The summed E-state index contributed by atoms with van der Waals surface area (Å²) in [5, 5.41) is 2.52. The van der Waals surface area contributed by atoms with E-state index in [9.17, 15) is 22.8 Å². The van der Waals surface area contributed by atoms with Gasteiger partial charge in [0.25, 0.3) is 5.91 Å². The van der Waals surface area contributed by atoms with E-state index in [2.05, 4.69) is 5.32 Å². The lowest BCUT2D eigenvalue weighted by atomic mass is 9.96. The fourth-order valence-electron chi connectivity index (χ4n) is 2.74. The predicted molar refractivity (Wildman–Crippen MR) is 76.9 cm³/mol. The van der Waals surface area contributed by atoms with Crippen LogP contribution in [0.15, 0.2) is 47.3 Å². The Morgan fingerprint density at radius 1 is 1.25 bits per heavy atom. The summed E-state index contributed by atoms with van der Waals surface area (Å²) in [6, 6.07) is 4.83. The number of halogens is 3. The standard InChI is InChI=1S/C16H13F3N2O3/c17-16(18,19)12-4-2-1-3-11(12)13-14(22)20-6-7-21(13)15(23)10-5-8-24-9-10/h1-5,8-9,13H,6-7H2,(H,20,22). The molecule has 1 saturated heterocycles. The van der Waals surface area contributed by atoms with Gasteiger partial charge in [0.15, 0.2) is 0 Å². The molecule has 5 nitrogen and oxygen atoms in total. The molecule has 1 aromatic carbocycles. The molecule has 2 heterocycles. The molecule has 1 fully saturated rings. The van der Waals surface area contributed by atoms with Crippen LogP contribution in [0.1, 0.15) is 27.5 Å². The highest BCUT2D eigenvalue weighted by Crippen LogP contribution is 2.37. The summed E-state index contributed by atoms with van der Waals surface area (Å²) >= 11 is 0. The molecule has 24 heavy (non-hydrogen) atoms. The van der Waals surface area contributed by atoms with Gasteiger partial charge < -0.3 is 14.6 Å². The summed E-state index contributed by atoms with van der Waals surface area (Å²) in [7, 11) is 0. The summed E-state index contributed by atoms with van der Waals surface area (Å²) < 4.78 is 44.7. The van der Waals surface area contributed by atoms with Crippen molar-refractivity contribution in [3.63, 3.8) is 0 Å². The van der Waals surface area contributed by atoms with Gasteiger partial charge in [-0.2, -0.15) is 13.2 Å². The zero-order chi connectivity index (χ0) is 17.3. The lowest BCUT2D eigenvalue weighted by molar-refractivity contribution is -0.139. The molecular weight excluding hydrogens is 325 g/mol. The Morgan fingerprint density at radius 3 is 2.67 bits per heavy atom. The number of rotatable bonds is 2. The Morgan fingerprint density at radius 2 is 2.00 bits per heavy atom. The first-order valence-corrected chi connectivity index (χ1v) is 7.16. The van der Waals surface area contributed by atoms with E-state index in [1.807, 2.05) is 0 Å². The van der Waals surface area contributed by atoms with Crippen molar-refractivity contribution in [2.75, 3.05) is 13.1 Å². The second-order valence-corrected chi connectivity index (χ2v) is 5.29. The normalized spacial score (nSPS) is 18.4. The van der Waals surface area contributed by atoms with Gasteiger partial charge >= 0.3 is 6.18 Å². The SMILES string of the molecule is O=C1NCCN(C(=O)c2ccoc2)C1c1ccccc1C(F)(F)F. The van der Waals surface area contributed by atoms with E-state index in [-0.39, 0.29) is 24.2 Å².